The van der Waals surface area contributed by atoms with E-state index in [-0.39, 0.29) is 21.6 Å². The van der Waals surface area contributed by atoms with Crippen molar-refractivity contribution in [2.75, 3.05) is 7.11 Å². The van der Waals surface area contributed by atoms with Gasteiger partial charge in [-0.1, -0.05) is 11.6 Å². The fourth-order valence-corrected chi connectivity index (χ4v) is 1.83. The molecule has 0 unspecified atom stereocenters. The summed E-state index contributed by atoms with van der Waals surface area (Å²) in [5, 5.41) is 9.33. The molecular formula is C11H8ClNO4. The fourth-order valence-electron chi connectivity index (χ4n) is 1.58. The lowest BCUT2D eigenvalue weighted by molar-refractivity contribution is 0.0691. The Morgan fingerprint density at radius 2 is 2.18 bits per heavy atom. The number of ether oxygens (including phenoxy) is 1. The Morgan fingerprint density at radius 1 is 1.47 bits per heavy atom. The molecule has 0 bridgehead atoms. The monoisotopic (exact) mass is 253 g/mol. The zero-order valence-electron chi connectivity index (χ0n) is 8.78. The number of fused-ring (bicyclic) bond motifs is 1. The Kier molecular flexibility index (Phi) is 2.77. The van der Waals surface area contributed by atoms with Crippen LogP contribution < -0.4 is 10.2 Å². The predicted molar refractivity (Wildman–Crippen MR) is 63.1 cm³/mol. The van der Waals surface area contributed by atoms with Crippen LogP contribution in [0, 0.1) is 0 Å². The lowest BCUT2D eigenvalue weighted by Gasteiger charge is -2.07. The van der Waals surface area contributed by atoms with Gasteiger partial charge >= 0.3 is 5.97 Å². The van der Waals surface area contributed by atoms with Crippen LogP contribution in [0.1, 0.15) is 10.5 Å². The van der Waals surface area contributed by atoms with Crippen LogP contribution in [0.5, 0.6) is 5.75 Å². The maximum Gasteiger partial charge on any atom is 0.352 e. The van der Waals surface area contributed by atoms with Crippen LogP contribution in [0.4, 0.5) is 0 Å². The molecule has 0 saturated heterocycles. The lowest BCUT2D eigenvalue weighted by atomic mass is 10.1. The topological polar surface area (TPSA) is 79.4 Å². The minimum absolute atomic E-state index is 0.205. The van der Waals surface area contributed by atoms with Crippen LogP contribution in [0.3, 0.4) is 0 Å². The quantitative estimate of drug-likeness (QED) is 0.857. The number of aromatic carboxylic acids is 1. The van der Waals surface area contributed by atoms with Crippen molar-refractivity contribution in [3.05, 3.63) is 39.1 Å². The van der Waals surface area contributed by atoms with E-state index in [4.69, 9.17) is 21.4 Å². The number of hydrogen-bond acceptors (Lipinski definition) is 3. The van der Waals surface area contributed by atoms with Crippen LogP contribution in [0.15, 0.2) is 23.0 Å². The van der Waals surface area contributed by atoms with Gasteiger partial charge in [-0.05, 0) is 12.1 Å². The zero-order chi connectivity index (χ0) is 12.6. The molecule has 0 amide bonds. The molecule has 0 saturated carbocycles. The molecule has 2 aromatic rings. The number of H-pyrrole nitrogens is 1. The number of halogens is 1. The highest BCUT2D eigenvalue weighted by molar-refractivity contribution is 6.35. The van der Waals surface area contributed by atoms with Crippen LogP contribution in [-0.2, 0) is 0 Å². The molecule has 0 aliphatic carbocycles. The summed E-state index contributed by atoms with van der Waals surface area (Å²) in [6.07, 6.45) is 0. The van der Waals surface area contributed by atoms with Gasteiger partial charge in [0.25, 0.3) is 0 Å². The molecule has 0 aliphatic rings. The van der Waals surface area contributed by atoms with Gasteiger partial charge in [0.1, 0.15) is 11.4 Å². The molecule has 1 aromatic carbocycles. The molecule has 5 nitrogen and oxygen atoms in total. The average Bonchev–Trinajstić information content (AvgIpc) is 2.28. The predicted octanol–water partition coefficient (Wildman–Crippen LogP) is 1.89. The highest BCUT2D eigenvalue weighted by Gasteiger charge is 2.13. The molecule has 1 aromatic heterocycles. The number of pyridine rings is 1. The number of carboxylic acids is 1. The molecule has 0 atom stereocenters. The van der Waals surface area contributed by atoms with Crippen molar-refractivity contribution in [1.29, 1.82) is 0 Å². The van der Waals surface area contributed by atoms with E-state index >= 15 is 0 Å². The first kappa shape index (κ1) is 11.5. The van der Waals surface area contributed by atoms with E-state index in [0.29, 0.717) is 5.75 Å². The molecule has 6 heteroatoms. The van der Waals surface area contributed by atoms with Crippen LogP contribution in [0.25, 0.3) is 10.9 Å². The third-order valence-electron chi connectivity index (χ3n) is 2.35. The second-order valence-electron chi connectivity index (χ2n) is 3.35. The Bertz CT molecular complexity index is 662. The van der Waals surface area contributed by atoms with Crippen molar-refractivity contribution >= 4 is 28.5 Å². The maximum absolute atomic E-state index is 11.8. The van der Waals surface area contributed by atoms with E-state index < -0.39 is 11.4 Å². The standard InChI is InChI=1S/C11H8ClNO4/c1-17-8-3-2-5(12)9-7(14)4-6(11(15)16)13-10(8)9/h2-4H,1H3,(H,13,14)(H,15,16). The third kappa shape index (κ3) is 1.85. The van der Waals surface area contributed by atoms with E-state index in [0.717, 1.165) is 6.07 Å². The van der Waals surface area contributed by atoms with Gasteiger partial charge in [0.15, 0.2) is 5.43 Å². The molecule has 0 aliphatic heterocycles. The maximum atomic E-state index is 11.8. The van der Waals surface area contributed by atoms with Gasteiger partial charge in [-0.2, -0.15) is 0 Å². The van der Waals surface area contributed by atoms with E-state index in [9.17, 15) is 9.59 Å². The number of carbonyl (C=O) groups is 1. The summed E-state index contributed by atoms with van der Waals surface area (Å²) in [4.78, 5) is 25.2. The van der Waals surface area contributed by atoms with Crippen molar-refractivity contribution in [3.63, 3.8) is 0 Å². The van der Waals surface area contributed by atoms with Crippen molar-refractivity contribution < 1.29 is 14.6 Å². The van der Waals surface area contributed by atoms with Crippen LogP contribution in [0.2, 0.25) is 5.02 Å². The lowest BCUT2D eigenvalue weighted by Crippen LogP contribution is -2.10. The third-order valence-corrected chi connectivity index (χ3v) is 2.66. The molecule has 0 spiro atoms. The van der Waals surface area contributed by atoms with E-state index in [1.165, 1.54) is 13.2 Å². The summed E-state index contributed by atoms with van der Waals surface area (Å²) in [6, 6.07) is 4.08. The van der Waals surface area contributed by atoms with Crippen molar-refractivity contribution in [1.82, 2.24) is 4.98 Å². The van der Waals surface area contributed by atoms with Gasteiger partial charge in [-0.15, -0.1) is 0 Å². The fraction of sp³-hybridized carbons (Fsp3) is 0.0909. The summed E-state index contributed by atoms with van der Waals surface area (Å²) in [6.45, 7) is 0. The molecule has 0 fully saturated rings. The second kappa shape index (κ2) is 4.10. The number of rotatable bonds is 2. The minimum Gasteiger partial charge on any atom is -0.495 e. The highest BCUT2D eigenvalue weighted by atomic mass is 35.5. The van der Waals surface area contributed by atoms with E-state index in [1.54, 1.807) is 6.07 Å². The van der Waals surface area contributed by atoms with Gasteiger partial charge in [-0.3, -0.25) is 4.79 Å². The number of aromatic amines is 1. The average molecular weight is 254 g/mol. The first-order valence-electron chi connectivity index (χ1n) is 4.67. The van der Waals surface area contributed by atoms with Gasteiger partial charge in [-0.25, -0.2) is 4.79 Å². The van der Waals surface area contributed by atoms with Gasteiger partial charge < -0.3 is 14.8 Å². The van der Waals surface area contributed by atoms with E-state index in [1.807, 2.05) is 0 Å². The number of methoxy groups -OCH3 is 1. The number of hydrogen-bond donors (Lipinski definition) is 2. The first-order chi connectivity index (χ1) is 8.04. The summed E-state index contributed by atoms with van der Waals surface area (Å²) in [5.74, 6) is -0.851. The molecule has 2 rings (SSSR count). The summed E-state index contributed by atoms with van der Waals surface area (Å²) in [5.41, 5.74) is -0.381. The van der Waals surface area contributed by atoms with E-state index in [2.05, 4.69) is 4.98 Å². The Balaban J connectivity index is 2.95. The van der Waals surface area contributed by atoms with Crippen molar-refractivity contribution in [2.45, 2.75) is 0 Å². The number of carboxylic acid groups (broad SMARTS) is 1. The number of aromatic nitrogens is 1. The Labute approximate surface area is 101 Å². The van der Waals surface area contributed by atoms with Gasteiger partial charge in [0, 0.05) is 6.07 Å². The second-order valence-corrected chi connectivity index (χ2v) is 3.76. The highest BCUT2D eigenvalue weighted by Crippen LogP contribution is 2.27. The van der Waals surface area contributed by atoms with Gasteiger partial charge in [0.05, 0.1) is 23.0 Å². The van der Waals surface area contributed by atoms with Crippen LogP contribution >= 0.6 is 11.6 Å². The summed E-state index contributed by atoms with van der Waals surface area (Å²) in [7, 11) is 1.43. The molecule has 17 heavy (non-hydrogen) atoms. The van der Waals surface area contributed by atoms with Gasteiger partial charge in [0.2, 0.25) is 0 Å². The molecule has 0 radical (unpaired) electrons. The number of benzene rings is 1. The minimum atomic E-state index is -1.22. The smallest absolute Gasteiger partial charge is 0.352 e. The largest absolute Gasteiger partial charge is 0.495 e. The molecule has 1 heterocycles. The first-order valence-corrected chi connectivity index (χ1v) is 5.05. The van der Waals surface area contributed by atoms with Crippen molar-refractivity contribution in [3.8, 4) is 5.75 Å². The molecule has 88 valence electrons. The van der Waals surface area contributed by atoms with Crippen molar-refractivity contribution in [2.24, 2.45) is 0 Å². The SMILES string of the molecule is COc1ccc(Cl)c2c(=O)cc(C(=O)O)[nH]c12. The Hall–Kier alpha value is -2.01. The molecular weight excluding hydrogens is 246 g/mol. The molecule has 2 N–H and O–H groups in total. The number of nitrogens with one attached hydrogen (secondary N) is 1. The van der Waals surface area contributed by atoms with Crippen LogP contribution in [-0.4, -0.2) is 23.2 Å². The Morgan fingerprint density at radius 3 is 2.76 bits per heavy atom. The normalized spacial score (nSPS) is 10.5. The zero-order valence-corrected chi connectivity index (χ0v) is 9.54. The summed E-state index contributed by atoms with van der Waals surface area (Å²) < 4.78 is 5.05. The summed E-state index contributed by atoms with van der Waals surface area (Å²) >= 11 is 5.90.